The number of hydrazone groups is 1. The Bertz CT molecular complexity index is 999. The van der Waals surface area contributed by atoms with Crippen molar-refractivity contribution in [1.29, 1.82) is 0 Å². The smallest absolute Gasteiger partial charge is 0.341 e. The number of hydrogen-bond acceptors (Lipinski definition) is 5. The van der Waals surface area contributed by atoms with Gasteiger partial charge >= 0.3 is 5.97 Å². The molecule has 2 aromatic carbocycles. The molecule has 29 heavy (non-hydrogen) atoms. The van der Waals surface area contributed by atoms with E-state index in [2.05, 4.69) is 5.10 Å². The molecule has 0 aliphatic carbocycles. The molecule has 0 bridgehead atoms. The number of nitrogens with zero attached hydrogens (tertiary/aromatic N) is 2. The van der Waals surface area contributed by atoms with Gasteiger partial charge in [-0.05, 0) is 61.9 Å². The van der Waals surface area contributed by atoms with E-state index >= 15 is 0 Å². The van der Waals surface area contributed by atoms with E-state index in [1.807, 2.05) is 6.92 Å². The van der Waals surface area contributed by atoms with Gasteiger partial charge in [0.15, 0.2) is 18.1 Å². The fourth-order valence-corrected chi connectivity index (χ4v) is 2.88. The molecule has 150 valence electrons. The average Bonchev–Trinajstić information content (AvgIpc) is 2.96. The Kier molecular flexibility index (Phi) is 6.19. The largest absolute Gasteiger partial charge is 0.490 e. The Balaban J connectivity index is 1.88. The lowest BCUT2D eigenvalue weighted by molar-refractivity contribution is -0.139. The van der Waals surface area contributed by atoms with Crippen molar-refractivity contribution < 1.29 is 24.2 Å². The second-order valence-electron chi connectivity index (χ2n) is 6.16. The lowest BCUT2D eigenvalue weighted by Crippen LogP contribution is -2.21. The first-order valence-electron chi connectivity index (χ1n) is 8.87. The van der Waals surface area contributed by atoms with Crippen LogP contribution in [0.15, 0.2) is 53.1 Å². The average molecular weight is 415 g/mol. The molecule has 8 heteroatoms. The van der Waals surface area contributed by atoms with Crippen molar-refractivity contribution >= 4 is 41.0 Å². The molecule has 3 rings (SSSR count). The molecular formula is C21H19ClN2O5. The number of benzene rings is 2. The Morgan fingerprint density at radius 3 is 2.55 bits per heavy atom. The molecule has 0 aromatic heterocycles. The zero-order chi connectivity index (χ0) is 21.0. The molecule has 0 saturated carbocycles. The number of carboxylic acid groups (broad SMARTS) is 1. The highest BCUT2D eigenvalue weighted by Crippen LogP contribution is 2.31. The maximum Gasteiger partial charge on any atom is 0.341 e. The topological polar surface area (TPSA) is 88.4 Å². The van der Waals surface area contributed by atoms with E-state index in [0.717, 1.165) is 0 Å². The summed E-state index contributed by atoms with van der Waals surface area (Å²) in [5, 5.41) is 15.0. The lowest BCUT2D eigenvalue weighted by Gasteiger charge is -2.12. The third-order valence-electron chi connectivity index (χ3n) is 4.06. The molecule has 0 spiro atoms. The molecular weight excluding hydrogens is 396 g/mol. The lowest BCUT2D eigenvalue weighted by atomic mass is 10.1. The summed E-state index contributed by atoms with van der Waals surface area (Å²) in [5.41, 5.74) is 2.34. The summed E-state index contributed by atoms with van der Waals surface area (Å²) in [7, 11) is 0. The zero-order valence-electron chi connectivity index (χ0n) is 15.9. The molecule has 0 atom stereocenters. The monoisotopic (exact) mass is 414 g/mol. The normalized spacial score (nSPS) is 14.9. The highest BCUT2D eigenvalue weighted by Gasteiger charge is 2.28. The van der Waals surface area contributed by atoms with Crippen molar-refractivity contribution in [3.05, 3.63) is 58.6 Å². The molecule has 0 unspecified atom stereocenters. The van der Waals surface area contributed by atoms with Crippen LogP contribution in [0.2, 0.25) is 5.02 Å². The predicted octanol–water partition coefficient (Wildman–Crippen LogP) is 4.01. The molecule has 1 heterocycles. The van der Waals surface area contributed by atoms with Crippen molar-refractivity contribution in [3.63, 3.8) is 0 Å². The van der Waals surface area contributed by atoms with Crippen molar-refractivity contribution in [2.24, 2.45) is 5.10 Å². The summed E-state index contributed by atoms with van der Waals surface area (Å²) >= 11 is 5.91. The third-order valence-corrected chi connectivity index (χ3v) is 4.32. The van der Waals surface area contributed by atoms with Gasteiger partial charge in [-0.3, -0.25) is 4.79 Å². The Morgan fingerprint density at radius 2 is 1.90 bits per heavy atom. The van der Waals surface area contributed by atoms with Crippen molar-refractivity contribution in [2.45, 2.75) is 13.8 Å². The molecule has 1 aliphatic rings. The van der Waals surface area contributed by atoms with Crippen LogP contribution in [0.25, 0.3) is 6.08 Å². The summed E-state index contributed by atoms with van der Waals surface area (Å²) in [6.45, 7) is 3.48. The van der Waals surface area contributed by atoms with E-state index < -0.39 is 12.6 Å². The predicted molar refractivity (Wildman–Crippen MR) is 111 cm³/mol. The number of rotatable bonds is 7. The van der Waals surface area contributed by atoms with E-state index in [1.54, 1.807) is 55.5 Å². The number of ether oxygens (including phenoxy) is 2. The van der Waals surface area contributed by atoms with Gasteiger partial charge in [0.2, 0.25) is 0 Å². The first kappa shape index (κ1) is 20.4. The molecule has 2 aromatic rings. The number of amides is 1. The number of carboxylic acids is 1. The number of aliphatic carboxylic acids is 1. The molecule has 1 amide bonds. The van der Waals surface area contributed by atoms with Crippen molar-refractivity contribution in [1.82, 2.24) is 0 Å². The van der Waals surface area contributed by atoms with Crippen LogP contribution in [-0.2, 0) is 9.59 Å². The number of anilines is 1. The quantitative estimate of drug-likeness (QED) is 0.691. The molecule has 0 saturated heterocycles. The maximum atomic E-state index is 12.8. The standard InChI is InChI=1S/C21H19ClN2O5/c1-3-28-19-11-14(4-9-18(19)29-12-20(25)26)10-17-13(2)23-24(21(17)27)16-7-5-15(22)6-8-16/h4-11H,3,12H2,1-2H3,(H,25,26)/b17-10+. The van der Waals surface area contributed by atoms with Crippen LogP contribution in [0, 0.1) is 0 Å². The second kappa shape index (κ2) is 8.79. The second-order valence-corrected chi connectivity index (χ2v) is 6.59. The van der Waals surface area contributed by atoms with Crippen molar-refractivity contribution in [2.75, 3.05) is 18.2 Å². The first-order chi connectivity index (χ1) is 13.9. The Hall–Kier alpha value is -3.32. The van der Waals surface area contributed by atoms with Crippen molar-refractivity contribution in [3.8, 4) is 11.5 Å². The molecule has 1 N–H and O–H groups in total. The number of halogens is 1. The van der Waals surface area contributed by atoms with E-state index in [-0.39, 0.29) is 5.91 Å². The fourth-order valence-electron chi connectivity index (χ4n) is 2.75. The SMILES string of the molecule is CCOc1cc(/C=C2/C(=O)N(c3ccc(Cl)cc3)N=C2C)ccc1OCC(=O)O. The molecule has 1 aliphatic heterocycles. The first-order valence-corrected chi connectivity index (χ1v) is 9.25. The minimum Gasteiger partial charge on any atom is -0.490 e. The zero-order valence-corrected chi connectivity index (χ0v) is 16.6. The molecule has 7 nitrogen and oxygen atoms in total. The maximum absolute atomic E-state index is 12.8. The number of hydrogen-bond donors (Lipinski definition) is 1. The highest BCUT2D eigenvalue weighted by molar-refractivity contribution is 6.32. The number of carbonyl (C=O) groups excluding carboxylic acids is 1. The van der Waals surface area contributed by atoms with E-state index in [9.17, 15) is 9.59 Å². The van der Waals surface area contributed by atoms with E-state index in [0.29, 0.717) is 45.7 Å². The van der Waals surface area contributed by atoms with E-state index in [1.165, 1.54) is 5.01 Å². The summed E-state index contributed by atoms with van der Waals surface area (Å²) in [5.74, 6) is -0.613. The summed E-state index contributed by atoms with van der Waals surface area (Å²) in [6.07, 6.45) is 1.71. The Morgan fingerprint density at radius 1 is 1.17 bits per heavy atom. The van der Waals surface area contributed by atoms with Gasteiger partial charge < -0.3 is 14.6 Å². The van der Waals surface area contributed by atoms with Crippen LogP contribution in [-0.4, -0.2) is 35.9 Å². The van der Waals surface area contributed by atoms with Crippen LogP contribution in [0.5, 0.6) is 11.5 Å². The summed E-state index contributed by atoms with van der Waals surface area (Å²) < 4.78 is 10.8. The highest BCUT2D eigenvalue weighted by atomic mass is 35.5. The minimum absolute atomic E-state index is 0.256. The summed E-state index contributed by atoms with van der Waals surface area (Å²) in [4.78, 5) is 23.6. The van der Waals surface area contributed by atoms with Gasteiger partial charge in [-0.25, -0.2) is 4.79 Å². The molecule has 0 fully saturated rings. The van der Waals surface area contributed by atoms with Crippen LogP contribution in [0.1, 0.15) is 19.4 Å². The molecule has 0 radical (unpaired) electrons. The van der Waals surface area contributed by atoms with Gasteiger partial charge in [-0.1, -0.05) is 17.7 Å². The van der Waals surface area contributed by atoms with Gasteiger partial charge in [0.1, 0.15) is 0 Å². The summed E-state index contributed by atoms with van der Waals surface area (Å²) in [6, 6.07) is 11.9. The van der Waals surface area contributed by atoms with Gasteiger partial charge in [0, 0.05) is 5.02 Å². The van der Waals surface area contributed by atoms with Gasteiger partial charge in [0.25, 0.3) is 5.91 Å². The van der Waals surface area contributed by atoms with Crippen LogP contribution in [0.4, 0.5) is 5.69 Å². The van der Waals surface area contributed by atoms with Gasteiger partial charge in [-0.2, -0.15) is 10.1 Å². The Labute approximate surface area is 172 Å². The third kappa shape index (κ3) is 4.75. The van der Waals surface area contributed by atoms with Gasteiger partial charge in [-0.15, -0.1) is 0 Å². The fraction of sp³-hybridized carbons (Fsp3) is 0.190. The van der Waals surface area contributed by atoms with Crippen LogP contribution in [0.3, 0.4) is 0 Å². The van der Waals surface area contributed by atoms with Crippen LogP contribution < -0.4 is 14.5 Å². The van der Waals surface area contributed by atoms with E-state index in [4.69, 9.17) is 26.2 Å². The minimum atomic E-state index is -1.08. The number of carbonyl (C=O) groups is 2. The van der Waals surface area contributed by atoms with Gasteiger partial charge in [0.05, 0.1) is 23.6 Å². The van der Waals surface area contributed by atoms with Crippen LogP contribution >= 0.6 is 11.6 Å².